The highest BCUT2D eigenvalue weighted by molar-refractivity contribution is 5.85. The number of nitrogens with one attached hydrogen (secondary N) is 2. The maximum absolute atomic E-state index is 3.44. The molecule has 1 aromatic rings. The first-order valence-corrected chi connectivity index (χ1v) is 5.78. The van der Waals surface area contributed by atoms with Gasteiger partial charge in [-0.15, -0.1) is 24.8 Å². The van der Waals surface area contributed by atoms with Crippen LogP contribution in [0.5, 0.6) is 0 Å². The van der Waals surface area contributed by atoms with E-state index in [9.17, 15) is 0 Å². The van der Waals surface area contributed by atoms with Crippen LogP contribution in [0.3, 0.4) is 0 Å². The number of rotatable bonds is 3. The van der Waals surface area contributed by atoms with Crippen LogP contribution in [0.25, 0.3) is 0 Å². The smallest absolute Gasteiger partial charge is 0.0102 e. The number of halogens is 2. The van der Waals surface area contributed by atoms with Crippen LogP contribution in [0.15, 0.2) is 30.3 Å². The van der Waals surface area contributed by atoms with E-state index in [4.69, 9.17) is 0 Å². The Kier molecular flexibility index (Phi) is 7.80. The van der Waals surface area contributed by atoms with Gasteiger partial charge < -0.3 is 10.6 Å². The molecule has 1 aliphatic heterocycles. The Balaban J connectivity index is 0.00000128. The van der Waals surface area contributed by atoms with Crippen molar-refractivity contribution in [2.24, 2.45) is 0 Å². The van der Waals surface area contributed by atoms with Gasteiger partial charge in [-0.1, -0.05) is 30.3 Å². The summed E-state index contributed by atoms with van der Waals surface area (Å²) in [7, 11) is 2.05. The minimum absolute atomic E-state index is 0. The molecule has 2 rings (SSSR count). The van der Waals surface area contributed by atoms with Gasteiger partial charge in [-0.3, -0.25) is 0 Å². The highest BCUT2D eigenvalue weighted by atomic mass is 35.5. The molecule has 0 bridgehead atoms. The normalized spacial score (nSPS) is 17.7. The van der Waals surface area contributed by atoms with Crippen molar-refractivity contribution in [3.05, 3.63) is 35.9 Å². The lowest BCUT2D eigenvalue weighted by molar-refractivity contribution is 0.300. The minimum Gasteiger partial charge on any atom is -0.319 e. The van der Waals surface area contributed by atoms with Gasteiger partial charge in [-0.05, 0) is 38.5 Å². The monoisotopic (exact) mass is 276 g/mol. The van der Waals surface area contributed by atoms with Gasteiger partial charge in [0.25, 0.3) is 0 Å². The predicted octanol–water partition coefficient (Wildman–Crippen LogP) is 2.37. The van der Waals surface area contributed by atoms with E-state index in [0.29, 0.717) is 5.41 Å². The second-order valence-corrected chi connectivity index (χ2v) is 4.43. The Morgan fingerprint density at radius 3 is 2.24 bits per heavy atom. The summed E-state index contributed by atoms with van der Waals surface area (Å²) in [5.74, 6) is 0. The SMILES string of the molecule is CNCC1(c2ccccc2)CCNCC1.Cl.Cl. The molecule has 0 unspecified atom stereocenters. The Morgan fingerprint density at radius 1 is 1.12 bits per heavy atom. The molecule has 4 heteroatoms. The molecule has 1 saturated heterocycles. The second kappa shape index (κ2) is 7.93. The summed E-state index contributed by atoms with van der Waals surface area (Å²) in [5, 5.41) is 6.79. The van der Waals surface area contributed by atoms with Crippen LogP contribution in [0.4, 0.5) is 0 Å². The quantitative estimate of drug-likeness (QED) is 0.886. The number of likely N-dealkylation sites (N-methyl/N-ethyl adjacent to an activating group) is 1. The van der Waals surface area contributed by atoms with Crippen LogP contribution in [0.1, 0.15) is 18.4 Å². The zero-order valence-corrected chi connectivity index (χ0v) is 11.9. The second-order valence-electron chi connectivity index (χ2n) is 4.43. The Labute approximate surface area is 116 Å². The van der Waals surface area contributed by atoms with Crippen molar-refractivity contribution in [2.45, 2.75) is 18.3 Å². The standard InChI is InChI=1S/C13H20N2.2ClH/c1-14-11-13(7-9-15-10-8-13)12-5-3-2-4-6-12;;/h2-6,14-15H,7-11H2,1H3;2*1H. The third-order valence-corrected chi connectivity index (χ3v) is 3.46. The summed E-state index contributed by atoms with van der Waals surface area (Å²) in [4.78, 5) is 0. The van der Waals surface area contributed by atoms with E-state index in [2.05, 4.69) is 41.0 Å². The third-order valence-electron chi connectivity index (χ3n) is 3.46. The number of hydrogen-bond acceptors (Lipinski definition) is 2. The molecular weight excluding hydrogens is 255 g/mol. The van der Waals surface area contributed by atoms with E-state index in [0.717, 1.165) is 19.6 Å². The fraction of sp³-hybridized carbons (Fsp3) is 0.538. The average Bonchev–Trinajstić information content (AvgIpc) is 2.32. The molecule has 0 aliphatic carbocycles. The summed E-state index contributed by atoms with van der Waals surface area (Å²) < 4.78 is 0. The maximum atomic E-state index is 3.44. The lowest BCUT2D eigenvalue weighted by Gasteiger charge is -2.38. The van der Waals surface area contributed by atoms with Gasteiger partial charge in [0.2, 0.25) is 0 Å². The van der Waals surface area contributed by atoms with E-state index in [1.165, 1.54) is 18.4 Å². The molecule has 0 saturated carbocycles. The van der Waals surface area contributed by atoms with Crippen molar-refractivity contribution < 1.29 is 0 Å². The van der Waals surface area contributed by atoms with Crippen LogP contribution in [-0.2, 0) is 5.41 Å². The molecule has 1 aromatic carbocycles. The summed E-state index contributed by atoms with van der Waals surface area (Å²) in [5.41, 5.74) is 1.84. The first-order chi connectivity index (χ1) is 7.37. The van der Waals surface area contributed by atoms with E-state index in [-0.39, 0.29) is 24.8 Å². The van der Waals surface area contributed by atoms with E-state index < -0.39 is 0 Å². The lowest BCUT2D eigenvalue weighted by atomic mass is 9.73. The van der Waals surface area contributed by atoms with Crippen LogP contribution < -0.4 is 10.6 Å². The van der Waals surface area contributed by atoms with Crippen molar-refractivity contribution >= 4 is 24.8 Å². The molecule has 0 radical (unpaired) electrons. The number of benzene rings is 1. The fourth-order valence-corrected chi connectivity index (χ4v) is 2.60. The molecule has 2 N–H and O–H groups in total. The highest BCUT2D eigenvalue weighted by Crippen LogP contribution is 2.32. The molecule has 1 aliphatic rings. The maximum Gasteiger partial charge on any atom is 0.0102 e. The van der Waals surface area contributed by atoms with Gasteiger partial charge >= 0.3 is 0 Å². The van der Waals surface area contributed by atoms with Crippen molar-refractivity contribution in [1.82, 2.24) is 10.6 Å². The summed E-state index contributed by atoms with van der Waals surface area (Å²) >= 11 is 0. The Bertz CT molecular complexity index is 292. The van der Waals surface area contributed by atoms with Crippen LogP contribution in [-0.4, -0.2) is 26.7 Å². The van der Waals surface area contributed by atoms with E-state index >= 15 is 0 Å². The van der Waals surface area contributed by atoms with Crippen molar-refractivity contribution in [3.8, 4) is 0 Å². The number of hydrogen-bond donors (Lipinski definition) is 2. The molecule has 0 atom stereocenters. The average molecular weight is 277 g/mol. The van der Waals surface area contributed by atoms with Crippen LogP contribution in [0.2, 0.25) is 0 Å². The van der Waals surface area contributed by atoms with Crippen LogP contribution in [0, 0.1) is 0 Å². The fourth-order valence-electron chi connectivity index (χ4n) is 2.60. The lowest BCUT2D eigenvalue weighted by Crippen LogP contribution is -2.45. The Morgan fingerprint density at radius 2 is 1.71 bits per heavy atom. The molecule has 1 fully saturated rings. The predicted molar refractivity (Wildman–Crippen MR) is 78.6 cm³/mol. The first kappa shape index (κ1) is 16.7. The minimum atomic E-state index is 0. The van der Waals surface area contributed by atoms with E-state index in [1.54, 1.807) is 0 Å². The van der Waals surface area contributed by atoms with Gasteiger partial charge in [0, 0.05) is 12.0 Å². The molecule has 0 amide bonds. The van der Waals surface area contributed by atoms with E-state index in [1.807, 2.05) is 7.05 Å². The van der Waals surface area contributed by atoms with Crippen molar-refractivity contribution in [2.75, 3.05) is 26.7 Å². The zero-order valence-electron chi connectivity index (χ0n) is 10.2. The van der Waals surface area contributed by atoms with Gasteiger partial charge in [-0.2, -0.15) is 0 Å². The van der Waals surface area contributed by atoms with Gasteiger partial charge in [-0.25, -0.2) is 0 Å². The molecule has 98 valence electrons. The molecule has 2 nitrogen and oxygen atoms in total. The Hall–Kier alpha value is -0.280. The third kappa shape index (κ3) is 3.85. The molecule has 1 heterocycles. The molecular formula is C13H22Cl2N2. The molecule has 0 spiro atoms. The highest BCUT2D eigenvalue weighted by Gasteiger charge is 2.32. The van der Waals surface area contributed by atoms with Gasteiger partial charge in [0.05, 0.1) is 0 Å². The molecule has 0 aromatic heterocycles. The topological polar surface area (TPSA) is 24.1 Å². The zero-order chi connectivity index (χ0) is 10.6. The van der Waals surface area contributed by atoms with Crippen molar-refractivity contribution in [1.29, 1.82) is 0 Å². The molecule has 17 heavy (non-hydrogen) atoms. The van der Waals surface area contributed by atoms with Gasteiger partial charge in [0.1, 0.15) is 0 Å². The van der Waals surface area contributed by atoms with Gasteiger partial charge in [0.15, 0.2) is 0 Å². The number of piperidine rings is 1. The summed E-state index contributed by atoms with van der Waals surface area (Å²) in [6.45, 7) is 3.35. The van der Waals surface area contributed by atoms with Crippen LogP contribution >= 0.6 is 24.8 Å². The largest absolute Gasteiger partial charge is 0.319 e. The summed E-state index contributed by atoms with van der Waals surface area (Å²) in [6.07, 6.45) is 2.47. The van der Waals surface area contributed by atoms with Crippen molar-refractivity contribution in [3.63, 3.8) is 0 Å². The summed E-state index contributed by atoms with van der Waals surface area (Å²) in [6, 6.07) is 10.9. The first-order valence-electron chi connectivity index (χ1n) is 5.78.